The van der Waals surface area contributed by atoms with Gasteiger partial charge in [-0.05, 0) is 36.1 Å². The van der Waals surface area contributed by atoms with Crippen molar-refractivity contribution in [3.63, 3.8) is 0 Å². The molecule has 0 aliphatic rings. The van der Waals surface area contributed by atoms with Gasteiger partial charge in [-0.2, -0.15) is 0 Å². The molecule has 0 radical (unpaired) electrons. The van der Waals surface area contributed by atoms with Crippen molar-refractivity contribution in [3.8, 4) is 5.75 Å². The Morgan fingerprint density at radius 1 is 1.12 bits per heavy atom. The molecule has 0 amide bonds. The maximum Gasteiger partial charge on any atom is 0.323 e. The highest BCUT2D eigenvalue weighted by atomic mass is 31.2. The smallest absolute Gasteiger partial charge is 0.323 e. The maximum absolute atomic E-state index is 12.1. The lowest BCUT2D eigenvalue weighted by molar-refractivity contribution is -0.146. The van der Waals surface area contributed by atoms with Crippen LogP contribution in [0.1, 0.15) is 16.7 Å². The largest absolute Gasteiger partial charge is 0.460 e. The van der Waals surface area contributed by atoms with Crippen LogP contribution < -0.4 is 10.3 Å². The third-order valence-corrected chi connectivity index (χ3v) is 4.18. The van der Waals surface area contributed by atoms with E-state index >= 15 is 0 Å². The first-order valence-corrected chi connectivity index (χ1v) is 10.6. The van der Waals surface area contributed by atoms with Crippen molar-refractivity contribution < 1.29 is 18.6 Å². The number of nitrogens with two attached hydrogens (primary N) is 1. The minimum atomic E-state index is -2.61. The first-order valence-electron chi connectivity index (χ1n) is 8.05. The fourth-order valence-electron chi connectivity index (χ4n) is 2.35. The van der Waals surface area contributed by atoms with Gasteiger partial charge >= 0.3 is 5.97 Å². The molecule has 0 aliphatic carbocycles. The van der Waals surface area contributed by atoms with Crippen molar-refractivity contribution >= 4 is 13.3 Å². The fourth-order valence-corrected chi connectivity index (χ4v) is 3.03. The van der Waals surface area contributed by atoms with E-state index in [0.717, 1.165) is 16.7 Å². The van der Waals surface area contributed by atoms with Gasteiger partial charge in [0.05, 0.1) is 0 Å². The van der Waals surface area contributed by atoms with Crippen LogP contribution in [-0.4, -0.2) is 25.3 Å². The number of aryl methyl sites for hydroxylation is 1. The molecular weight excluding hydrogens is 337 g/mol. The minimum absolute atomic E-state index is 0.210. The molecule has 0 fully saturated rings. The second-order valence-corrected chi connectivity index (χ2v) is 9.03. The lowest BCUT2D eigenvalue weighted by Gasteiger charge is -2.15. The molecule has 0 heterocycles. The minimum Gasteiger partial charge on any atom is -0.460 e. The topological polar surface area (TPSA) is 78.6 Å². The molecule has 0 bridgehead atoms. The molecule has 1 unspecified atom stereocenters. The van der Waals surface area contributed by atoms with E-state index in [9.17, 15) is 9.36 Å². The zero-order chi connectivity index (χ0) is 18.4. The van der Waals surface area contributed by atoms with Gasteiger partial charge in [-0.15, -0.1) is 0 Å². The highest BCUT2D eigenvalue weighted by Crippen LogP contribution is 2.40. The van der Waals surface area contributed by atoms with E-state index in [1.54, 1.807) is 19.4 Å². The molecule has 25 heavy (non-hydrogen) atoms. The van der Waals surface area contributed by atoms with E-state index in [4.69, 9.17) is 15.0 Å². The highest BCUT2D eigenvalue weighted by Gasteiger charge is 2.17. The van der Waals surface area contributed by atoms with Gasteiger partial charge in [0.25, 0.3) is 0 Å². The van der Waals surface area contributed by atoms with Crippen LogP contribution in [0.2, 0.25) is 0 Å². The van der Waals surface area contributed by atoms with Crippen molar-refractivity contribution in [2.75, 3.05) is 13.3 Å². The van der Waals surface area contributed by atoms with E-state index in [0.29, 0.717) is 12.2 Å². The molecular formula is C19H24NO4P. The summed E-state index contributed by atoms with van der Waals surface area (Å²) in [6, 6.07) is 14.2. The molecule has 0 saturated carbocycles. The van der Waals surface area contributed by atoms with Crippen LogP contribution in [0.15, 0.2) is 48.5 Å². The molecule has 0 saturated heterocycles. The van der Waals surface area contributed by atoms with Crippen LogP contribution in [-0.2, 0) is 27.1 Å². The first kappa shape index (κ1) is 19.2. The van der Waals surface area contributed by atoms with Gasteiger partial charge in [0.15, 0.2) is 0 Å². The van der Waals surface area contributed by atoms with Gasteiger partial charge in [0.2, 0.25) is 7.37 Å². The Morgan fingerprint density at radius 3 is 2.40 bits per heavy atom. The van der Waals surface area contributed by atoms with Crippen LogP contribution in [0.3, 0.4) is 0 Å². The van der Waals surface area contributed by atoms with Gasteiger partial charge in [-0.1, -0.05) is 42.5 Å². The Labute approximate surface area is 148 Å². The lowest BCUT2D eigenvalue weighted by atomic mass is 10.0. The average Bonchev–Trinajstić information content (AvgIpc) is 2.55. The van der Waals surface area contributed by atoms with Crippen molar-refractivity contribution in [1.29, 1.82) is 0 Å². The van der Waals surface area contributed by atoms with Crippen molar-refractivity contribution in [1.82, 2.24) is 0 Å². The monoisotopic (exact) mass is 361 g/mol. The normalized spacial score (nSPS) is 12.5. The van der Waals surface area contributed by atoms with Crippen LogP contribution in [0, 0.1) is 6.92 Å². The predicted molar refractivity (Wildman–Crippen MR) is 99.2 cm³/mol. The van der Waals surface area contributed by atoms with Gasteiger partial charge < -0.3 is 15.0 Å². The Morgan fingerprint density at radius 2 is 1.80 bits per heavy atom. The van der Waals surface area contributed by atoms with Crippen LogP contribution >= 0.6 is 7.37 Å². The number of hydrogen-bond acceptors (Lipinski definition) is 5. The summed E-state index contributed by atoms with van der Waals surface area (Å²) in [6.45, 7) is 5.22. The third kappa shape index (κ3) is 6.37. The summed E-state index contributed by atoms with van der Waals surface area (Å²) in [5, 5.41) is 0. The third-order valence-electron chi connectivity index (χ3n) is 3.54. The Hall–Kier alpha value is -2.10. The zero-order valence-electron chi connectivity index (χ0n) is 14.8. The summed E-state index contributed by atoms with van der Waals surface area (Å²) in [5.41, 5.74) is 8.63. The van der Waals surface area contributed by atoms with E-state index in [2.05, 4.69) is 0 Å². The molecule has 2 N–H and O–H groups in total. The summed E-state index contributed by atoms with van der Waals surface area (Å²) < 4.78 is 22.5. The summed E-state index contributed by atoms with van der Waals surface area (Å²) in [6.07, 6.45) is 0.366. The lowest BCUT2D eigenvalue weighted by Crippen LogP contribution is -2.34. The molecule has 6 heteroatoms. The number of esters is 1. The van der Waals surface area contributed by atoms with E-state index in [1.165, 1.54) is 0 Å². The SMILES string of the molecule is Cc1cc(CC(N)C(=O)OCc2ccccc2)ccc1OP(C)(C)=O. The van der Waals surface area contributed by atoms with E-state index in [-0.39, 0.29) is 6.61 Å². The number of rotatable bonds is 7. The van der Waals surface area contributed by atoms with E-state index in [1.807, 2.05) is 49.4 Å². The quantitative estimate of drug-likeness (QED) is 0.603. The maximum atomic E-state index is 12.1. The molecule has 1 atom stereocenters. The van der Waals surface area contributed by atoms with Crippen LogP contribution in [0.5, 0.6) is 5.75 Å². The van der Waals surface area contributed by atoms with Crippen LogP contribution in [0.4, 0.5) is 0 Å². The standard InChI is InChI=1S/C19H24NO4P/c1-14-11-16(9-10-18(14)24-25(2,3)22)12-17(20)19(21)23-13-15-7-5-4-6-8-15/h4-11,17H,12-13,20H2,1-3H3. The van der Waals surface area contributed by atoms with Gasteiger partial charge in [-0.3, -0.25) is 9.36 Å². The molecule has 5 nitrogen and oxygen atoms in total. The summed E-state index contributed by atoms with van der Waals surface area (Å²) in [4.78, 5) is 12.1. The van der Waals surface area contributed by atoms with E-state index < -0.39 is 19.4 Å². The number of hydrogen-bond donors (Lipinski definition) is 1. The molecule has 0 aromatic heterocycles. The number of carbonyl (C=O) groups excluding carboxylic acids is 1. The first-order chi connectivity index (χ1) is 11.7. The van der Waals surface area contributed by atoms with Gasteiger partial charge in [0, 0.05) is 13.3 Å². The molecule has 0 aliphatic heterocycles. The molecule has 2 aromatic rings. The molecule has 2 aromatic carbocycles. The highest BCUT2D eigenvalue weighted by molar-refractivity contribution is 7.57. The Balaban J connectivity index is 1.93. The number of ether oxygens (including phenoxy) is 1. The molecule has 0 spiro atoms. The van der Waals surface area contributed by atoms with Gasteiger partial charge in [-0.25, -0.2) is 0 Å². The second kappa shape index (κ2) is 8.32. The molecule has 134 valence electrons. The second-order valence-electron chi connectivity index (χ2n) is 6.35. The average molecular weight is 361 g/mol. The van der Waals surface area contributed by atoms with Gasteiger partial charge in [0.1, 0.15) is 18.4 Å². The number of benzene rings is 2. The van der Waals surface area contributed by atoms with Crippen molar-refractivity contribution in [3.05, 3.63) is 65.2 Å². The Kier molecular flexibility index (Phi) is 6.40. The summed E-state index contributed by atoms with van der Waals surface area (Å²) >= 11 is 0. The number of carbonyl (C=O) groups is 1. The summed E-state index contributed by atoms with van der Waals surface area (Å²) in [7, 11) is -2.61. The zero-order valence-corrected chi connectivity index (χ0v) is 15.7. The van der Waals surface area contributed by atoms with Crippen LogP contribution in [0.25, 0.3) is 0 Å². The predicted octanol–water partition coefficient (Wildman–Crippen LogP) is 3.52. The van der Waals surface area contributed by atoms with Crippen molar-refractivity contribution in [2.24, 2.45) is 5.73 Å². The van der Waals surface area contributed by atoms with Crippen molar-refractivity contribution in [2.45, 2.75) is 26.0 Å². The molecule has 2 rings (SSSR count). The fraction of sp³-hybridized carbons (Fsp3) is 0.316. The Bertz CT molecular complexity index is 770. The summed E-state index contributed by atoms with van der Waals surface area (Å²) in [5.74, 6) is 0.144.